The van der Waals surface area contributed by atoms with Crippen LogP contribution in [0.15, 0.2) is 11.2 Å². The molecule has 0 fully saturated rings. The van der Waals surface area contributed by atoms with Gasteiger partial charge in [-0.1, -0.05) is 0 Å². The van der Waals surface area contributed by atoms with E-state index < -0.39 is 4.92 Å². The van der Waals surface area contributed by atoms with E-state index in [0.717, 1.165) is 6.20 Å². The maximum atomic E-state index is 9.92. The molecule has 58 valence electrons. The Labute approximate surface area is 63.8 Å². The Hall–Kier alpha value is -0.710. The summed E-state index contributed by atoms with van der Waals surface area (Å²) in [5.41, 5.74) is 0. The molecule has 0 radical (unpaired) electrons. The highest BCUT2D eigenvalue weighted by Crippen LogP contribution is 2.05. The van der Waals surface area contributed by atoms with Crippen LogP contribution < -0.4 is 5.32 Å². The molecule has 4 nitrogen and oxygen atoms in total. The molecule has 0 atom stereocenters. The predicted molar refractivity (Wildman–Crippen MR) is 42.3 cm³/mol. The van der Waals surface area contributed by atoms with Gasteiger partial charge in [-0.25, -0.2) is 0 Å². The van der Waals surface area contributed by atoms with E-state index >= 15 is 0 Å². The summed E-state index contributed by atoms with van der Waals surface area (Å²) in [6, 6.07) is 0. The first-order chi connectivity index (χ1) is 4.70. The minimum absolute atomic E-state index is 0.464. The lowest BCUT2D eigenvalue weighted by atomic mass is 10.7. The van der Waals surface area contributed by atoms with Crippen molar-refractivity contribution < 1.29 is 4.92 Å². The molecular weight excluding hydrogens is 152 g/mol. The van der Waals surface area contributed by atoms with Crippen LogP contribution >= 0.6 is 11.8 Å². The quantitative estimate of drug-likeness (QED) is 0.495. The summed E-state index contributed by atoms with van der Waals surface area (Å²) in [5.74, 6) is 0. The van der Waals surface area contributed by atoms with E-state index in [0.29, 0.717) is 11.6 Å². The second-order valence-corrected chi connectivity index (χ2v) is 2.36. The number of nitrogens with zero attached hydrogens (tertiary/aromatic N) is 1. The smallest absolute Gasteiger partial charge is 0.263 e. The van der Waals surface area contributed by atoms with Crippen LogP contribution in [0.2, 0.25) is 0 Å². The largest absolute Gasteiger partial charge is 0.375 e. The van der Waals surface area contributed by atoms with E-state index in [1.54, 1.807) is 6.26 Å². The van der Waals surface area contributed by atoms with Crippen LogP contribution in [0, 0.1) is 10.1 Å². The minimum Gasteiger partial charge on any atom is -0.375 e. The Balaban J connectivity index is 3.91. The summed E-state index contributed by atoms with van der Waals surface area (Å²) in [5, 5.41) is 13.4. The molecule has 0 amide bonds. The van der Waals surface area contributed by atoms with Gasteiger partial charge in [-0.15, -0.1) is 11.8 Å². The Kier molecular flexibility index (Phi) is 4.74. The fourth-order valence-corrected chi connectivity index (χ4v) is 0.921. The third kappa shape index (κ3) is 4.20. The molecule has 0 aliphatic heterocycles. The van der Waals surface area contributed by atoms with Gasteiger partial charge < -0.3 is 5.32 Å². The Morgan fingerprint density at radius 3 is 2.80 bits per heavy atom. The number of nitro groups is 1. The lowest BCUT2D eigenvalue weighted by Crippen LogP contribution is -2.10. The van der Waals surface area contributed by atoms with Gasteiger partial charge in [0, 0.05) is 6.54 Å². The molecule has 0 bridgehead atoms. The zero-order valence-electron chi connectivity index (χ0n) is 5.96. The molecule has 0 aliphatic rings. The van der Waals surface area contributed by atoms with Crippen molar-refractivity contribution in [3.05, 3.63) is 21.3 Å². The van der Waals surface area contributed by atoms with E-state index in [-0.39, 0.29) is 0 Å². The zero-order valence-corrected chi connectivity index (χ0v) is 6.77. The Morgan fingerprint density at radius 2 is 2.50 bits per heavy atom. The predicted octanol–water partition coefficient (Wildman–Crippen LogP) is 1.03. The lowest BCUT2D eigenvalue weighted by Gasteiger charge is -1.99. The molecule has 0 aromatic rings. The molecule has 0 spiro atoms. The van der Waals surface area contributed by atoms with Crippen LogP contribution in [0.3, 0.4) is 0 Å². The van der Waals surface area contributed by atoms with Crippen molar-refractivity contribution in [3.63, 3.8) is 0 Å². The standard InChI is InChI=1S/C5H10N2O2S/c1-3-6-5(10-2)4-7(8)9/h4,6H,3H2,1-2H3/b5-4+. The van der Waals surface area contributed by atoms with E-state index in [1.165, 1.54) is 11.8 Å². The zero-order chi connectivity index (χ0) is 7.98. The van der Waals surface area contributed by atoms with Crippen molar-refractivity contribution in [3.8, 4) is 0 Å². The SMILES string of the molecule is CCN/C(=C\[N+](=O)[O-])SC. The van der Waals surface area contributed by atoms with Gasteiger partial charge in [-0.3, -0.25) is 10.1 Å². The van der Waals surface area contributed by atoms with Crippen molar-refractivity contribution in [1.82, 2.24) is 5.32 Å². The number of hydrogen-bond acceptors (Lipinski definition) is 4. The summed E-state index contributed by atoms with van der Waals surface area (Å²) in [6.45, 7) is 2.60. The first-order valence-corrected chi connectivity index (χ1v) is 4.06. The van der Waals surface area contributed by atoms with Crippen LogP contribution in [0.25, 0.3) is 0 Å². The highest BCUT2D eigenvalue weighted by molar-refractivity contribution is 8.02. The van der Waals surface area contributed by atoms with Gasteiger partial charge >= 0.3 is 0 Å². The van der Waals surface area contributed by atoms with E-state index in [9.17, 15) is 10.1 Å². The molecule has 0 unspecified atom stereocenters. The second kappa shape index (κ2) is 5.10. The van der Waals surface area contributed by atoms with Crippen LogP contribution in [-0.2, 0) is 0 Å². The average molecular weight is 162 g/mol. The number of hydrogen-bond donors (Lipinski definition) is 1. The van der Waals surface area contributed by atoms with Crippen molar-refractivity contribution in [2.45, 2.75) is 6.92 Å². The summed E-state index contributed by atoms with van der Waals surface area (Å²) >= 11 is 1.33. The average Bonchev–Trinajstić information content (AvgIpc) is 1.86. The number of nitrogens with one attached hydrogen (secondary N) is 1. The van der Waals surface area contributed by atoms with Gasteiger partial charge in [0.1, 0.15) is 5.03 Å². The van der Waals surface area contributed by atoms with Crippen LogP contribution in [0.4, 0.5) is 0 Å². The minimum atomic E-state index is -0.464. The number of thioether (sulfide) groups is 1. The molecule has 1 N–H and O–H groups in total. The molecule has 5 heteroatoms. The van der Waals surface area contributed by atoms with Gasteiger partial charge in [0.05, 0.1) is 4.92 Å². The van der Waals surface area contributed by atoms with Gasteiger partial charge in [0.15, 0.2) is 0 Å². The van der Waals surface area contributed by atoms with Gasteiger partial charge in [-0.05, 0) is 13.2 Å². The highest BCUT2D eigenvalue weighted by Gasteiger charge is 1.96. The topological polar surface area (TPSA) is 55.2 Å². The van der Waals surface area contributed by atoms with Gasteiger partial charge in [0.25, 0.3) is 6.20 Å². The van der Waals surface area contributed by atoms with Gasteiger partial charge in [0.2, 0.25) is 0 Å². The maximum absolute atomic E-state index is 9.92. The Morgan fingerprint density at radius 1 is 1.90 bits per heavy atom. The monoisotopic (exact) mass is 162 g/mol. The van der Waals surface area contributed by atoms with Crippen LogP contribution in [0.5, 0.6) is 0 Å². The second-order valence-electron chi connectivity index (χ2n) is 1.51. The summed E-state index contributed by atoms with van der Waals surface area (Å²) in [6.07, 6.45) is 2.76. The maximum Gasteiger partial charge on any atom is 0.263 e. The van der Waals surface area contributed by atoms with E-state index in [4.69, 9.17) is 0 Å². The normalized spacial score (nSPS) is 11.2. The van der Waals surface area contributed by atoms with Crippen LogP contribution in [-0.4, -0.2) is 17.7 Å². The summed E-state index contributed by atoms with van der Waals surface area (Å²) in [7, 11) is 0. The van der Waals surface area contributed by atoms with Crippen LogP contribution in [0.1, 0.15) is 6.92 Å². The molecule has 0 aromatic heterocycles. The molecule has 10 heavy (non-hydrogen) atoms. The van der Waals surface area contributed by atoms with Gasteiger partial charge in [-0.2, -0.15) is 0 Å². The third-order valence-electron chi connectivity index (χ3n) is 0.794. The molecule has 0 aromatic carbocycles. The van der Waals surface area contributed by atoms with Crippen molar-refractivity contribution in [1.29, 1.82) is 0 Å². The molecule has 0 rings (SSSR count). The third-order valence-corrected chi connectivity index (χ3v) is 1.48. The molecule has 0 heterocycles. The molecule has 0 saturated heterocycles. The molecule has 0 saturated carbocycles. The first-order valence-electron chi connectivity index (χ1n) is 2.84. The van der Waals surface area contributed by atoms with E-state index in [1.807, 2.05) is 6.92 Å². The number of rotatable bonds is 4. The van der Waals surface area contributed by atoms with Crippen molar-refractivity contribution in [2.24, 2.45) is 0 Å². The summed E-state index contributed by atoms with van der Waals surface area (Å²) < 4.78 is 0. The highest BCUT2D eigenvalue weighted by atomic mass is 32.2. The van der Waals surface area contributed by atoms with Crippen molar-refractivity contribution in [2.75, 3.05) is 12.8 Å². The molecule has 0 aliphatic carbocycles. The molecular formula is C5H10N2O2S. The fraction of sp³-hybridized carbons (Fsp3) is 0.600. The Bertz CT molecular complexity index is 147. The summed E-state index contributed by atoms with van der Waals surface area (Å²) in [4.78, 5) is 9.46. The van der Waals surface area contributed by atoms with Crippen molar-refractivity contribution >= 4 is 11.8 Å². The van der Waals surface area contributed by atoms with E-state index in [2.05, 4.69) is 5.32 Å². The lowest BCUT2D eigenvalue weighted by molar-refractivity contribution is -0.403. The first kappa shape index (κ1) is 9.29. The fourth-order valence-electron chi connectivity index (χ4n) is 0.440.